The molecule has 0 bridgehead atoms. The van der Waals surface area contributed by atoms with Gasteiger partial charge in [0.15, 0.2) is 0 Å². The van der Waals surface area contributed by atoms with E-state index in [4.69, 9.17) is 4.74 Å². The number of nitrogens with zero attached hydrogens (tertiary/aromatic N) is 1. The number of nitrogens with one attached hydrogen (secondary N) is 1. The van der Waals surface area contributed by atoms with Crippen molar-refractivity contribution in [2.75, 3.05) is 11.9 Å². The predicted octanol–water partition coefficient (Wildman–Crippen LogP) is 4.62. The molecule has 1 unspecified atom stereocenters. The summed E-state index contributed by atoms with van der Waals surface area (Å²) in [5.74, 6) is -0.255. The van der Waals surface area contributed by atoms with Crippen LogP contribution < -0.4 is 5.32 Å². The van der Waals surface area contributed by atoms with Gasteiger partial charge in [-0.15, -0.1) is 0 Å². The molecule has 1 aliphatic rings. The van der Waals surface area contributed by atoms with Gasteiger partial charge < -0.3 is 15.0 Å². The second-order valence-electron chi connectivity index (χ2n) is 7.21. The number of rotatable bonds is 6. The Morgan fingerprint density at radius 1 is 1.21 bits per heavy atom. The highest BCUT2D eigenvalue weighted by molar-refractivity contribution is 9.10. The normalized spacial score (nSPS) is 16.4. The molecule has 2 aromatic carbocycles. The summed E-state index contributed by atoms with van der Waals surface area (Å²) in [7, 11) is 0. The van der Waals surface area contributed by atoms with E-state index >= 15 is 0 Å². The standard InChI is InChI=1S/C22H25BrN2O3/c1-15(2)28-14-16-5-3-6-19(13-16)24-21(26)20-7-4-12-25(20)22(27)17-8-10-18(23)11-9-17/h3,5-6,8-11,13,15,20H,4,7,12,14H2,1-2H3,(H,24,26). The summed E-state index contributed by atoms with van der Waals surface area (Å²) in [6, 6.07) is 14.4. The Morgan fingerprint density at radius 2 is 1.96 bits per heavy atom. The lowest BCUT2D eigenvalue weighted by Gasteiger charge is -2.24. The Kier molecular flexibility index (Phi) is 6.86. The quantitative estimate of drug-likeness (QED) is 0.706. The van der Waals surface area contributed by atoms with Gasteiger partial charge in [0, 0.05) is 22.3 Å². The molecule has 0 aliphatic carbocycles. The summed E-state index contributed by atoms with van der Waals surface area (Å²) in [4.78, 5) is 27.4. The molecule has 28 heavy (non-hydrogen) atoms. The van der Waals surface area contributed by atoms with Gasteiger partial charge in [-0.2, -0.15) is 0 Å². The van der Waals surface area contributed by atoms with Crippen molar-refractivity contribution in [2.45, 2.75) is 45.4 Å². The molecular weight excluding hydrogens is 420 g/mol. The van der Waals surface area contributed by atoms with Crippen molar-refractivity contribution < 1.29 is 14.3 Å². The van der Waals surface area contributed by atoms with Crippen molar-refractivity contribution >= 4 is 33.4 Å². The first-order valence-electron chi connectivity index (χ1n) is 9.52. The highest BCUT2D eigenvalue weighted by atomic mass is 79.9. The first kappa shape index (κ1) is 20.6. The van der Waals surface area contributed by atoms with Gasteiger partial charge in [0.1, 0.15) is 6.04 Å². The molecular formula is C22H25BrN2O3. The molecule has 0 spiro atoms. The third-order valence-electron chi connectivity index (χ3n) is 4.69. The fourth-order valence-electron chi connectivity index (χ4n) is 3.27. The van der Waals surface area contributed by atoms with E-state index in [0.29, 0.717) is 25.1 Å². The second kappa shape index (κ2) is 9.34. The highest BCUT2D eigenvalue weighted by Crippen LogP contribution is 2.23. The van der Waals surface area contributed by atoms with E-state index in [2.05, 4.69) is 21.2 Å². The zero-order valence-corrected chi connectivity index (χ0v) is 17.7. The molecule has 1 heterocycles. The maximum atomic E-state index is 12.8. The van der Waals surface area contributed by atoms with Crippen LogP contribution in [0.2, 0.25) is 0 Å². The summed E-state index contributed by atoms with van der Waals surface area (Å²) in [5.41, 5.74) is 2.31. The van der Waals surface area contributed by atoms with Gasteiger partial charge in [-0.1, -0.05) is 28.1 Å². The Balaban J connectivity index is 1.67. The average molecular weight is 445 g/mol. The number of carbonyl (C=O) groups is 2. The van der Waals surface area contributed by atoms with E-state index in [1.807, 2.05) is 50.2 Å². The number of likely N-dealkylation sites (tertiary alicyclic amines) is 1. The number of hydrogen-bond acceptors (Lipinski definition) is 3. The third kappa shape index (κ3) is 5.20. The number of amides is 2. The number of halogens is 1. The molecule has 3 rings (SSSR count). The van der Waals surface area contributed by atoms with E-state index in [1.54, 1.807) is 17.0 Å². The van der Waals surface area contributed by atoms with Gasteiger partial charge in [-0.25, -0.2) is 0 Å². The lowest BCUT2D eigenvalue weighted by atomic mass is 10.1. The van der Waals surface area contributed by atoms with Gasteiger partial charge in [-0.05, 0) is 68.7 Å². The van der Waals surface area contributed by atoms with E-state index in [0.717, 1.165) is 22.1 Å². The zero-order valence-electron chi connectivity index (χ0n) is 16.2. The molecule has 1 fully saturated rings. The summed E-state index contributed by atoms with van der Waals surface area (Å²) in [6.45, 7) is 5.07. The molecule has 6 heteroatoms. The van der Waals surface area contributed by atoms with Crippen LogP contribution in [0.5, 0.6) is 0 Å². The van der Waals surface area contributed by atoms with Gasteiger partial charge in [0.25, 0.3) is 5.91 Å². The van der Waals surface area contributed by atoms with Crippen LogP contribution in [0.4, 0.5) is 5.69 Å². The topological polar surface area (TPSA) is 58.6 Å². The Bertz CT molecular complexity index is 836. The van der Waals surface area contributed by atoms with E-state index in [-0.39, 0.29) is 17.9 Å². The van der Waals surface area contributed by atoms with Gasteiger partial charge in [-0.3, -0.25) is 9.59 Å². The van der Waals surface area contributed by atoms with Crippen molar-refractivity contribution in [3.8, 4) is 0 Å². The van der Waals surface area contributed by atoms with E-state index < -0.39 is 6.04 Å². The second-order valence-corrected chi connectivity index (χ2v) is 8.13. The average Bonchev–Trinajstić information content (AvgIpc) is 3.17. The van der Waals surface area contributed by atoms with Gasteiger partial charge in [0.2, 0.25) is 5.91 Å². The van der Waals surface area contributed by atoms with E-state index in [1.165, 1.54) is 0 Å². The summed E-state index contributed by atoms with van der Waals surface area (Å²) < 4.78 is 6.54. The monoisotopic (exact) mass is 444 g/mol. The van der Waals surface area contributed by atoms with Gasteiger partial charge in [0.05, 0.1) is 12.7 Å². The number of anilines is 1. The molecule has 148 valence electrons. The van der Waals surface area contributed by atoms with Crippen LogP contribution in [-0.2, 0) is 16.1 Å². The number of hydrogen-bond donors (Lipinski definition) is 1. The van der Waals surface area contributed by atoms with Crippen LogP contribution in [0, 0.1) is 0 Å². The number of carbonyl (C=O) groups excluding carboxylic acids is 2. The maximum absolute atomic E-state index is 12.8. The molecule has 2 amide bonds. The van der Waals surface area contributed by atoms with Crippen LogP contribution >= 0.6 is 15.9 Å². The molecule has 0 saturated carbocycles. The highest BCUT2D eigenvalue weighted by Gasteiger charge is 2.34. The fraction of sp³-hybridized carbons (Fsp3) is 0.364. The smallest absolute Gasteiger partial charge is 0.254 e. The summed E-state index contributed by atoms with van der Waals surface area (Å²) in [5, 5.41) is 2.96. The minimum absolute atomic E-state index is 0.107. The van der Waals surface area contributed by atoms with Crippen LogP contribution in [0.15, 0.2) is 53.0 Å². The van der Waals surface area contributed by atoms with Gasteiger partial charge >= 0.3 is 0 Å². The maximum Gasteiger partial charge on any atom is 0.254 e. The Labute approximate surface area is 174 Å². The minimum Gasteiger partial charge on any atom is -0.374 e. The molecule has 1 atom stereocenters. The van der Waals surface area contributed by atoms with Crippen molar-refractivity contribution in [1.82, 2.24) is 4.90 Å². The van der Waals surface area contributed by atoms with E-state index in [9.17, 15) is 9.59 Å². The molecule has 1 N–H and O–H groups in total. The van der Waals surface area contributed by atoms with Crippen LogP contribution in [-0.4, -0.2) is 35.4 Å². The predicted molar refractivity (Wildman–Crippen MR) is 113 cm³/mol. The van der Waals surface area contributed by atoms with Crippen molar-refractivity contribution in [2.24, 2.45) is 0 Å². The summed E-state index contributed by atoms with van der Waals surface area (Å²) >= 11 is 3.38. The largest absolute Gasteiger partial charge is 0.374 e. The molecule has 0 radical (unpaired) electrons. The molecule has 2 aromatic rings. The summed E-state index contributed by atoms with van der Waals surface area (Å²) in [6.07, 6.45) is 1.64. The molecule has 1 aliphatic heterocycles. The minimum atomic E-state index is -0.452. The number of ether oxygens (including phenoxy) is 1. The first-order chi connectivity index (χ1) is 13.4. The van der Waals surface area contributed by atoms with Crippen molar-refractivity contribution in [3.05, 3.63) is 64.1 Å². The Hall–Kier alpha value is -2.18. The molecule has 5 nitrogen and oxygen atoms in total. The third-order valence-corrected chi connectivity index (χ3v) is 5.21. The molecule has 0 aromatic heterocycles. The lowest BCUT2D eigenvalue weighted by molar-refractivity contribution is -0.119. The fourth-order valence-corrected chi connectivity index (χ4v) is 3.53. The zero-order chi connectivity index (χ0) is 20.1. The first-order valence-corrected chi connectivity index (χ1v) is 10.3. The lowest BCUT2D eigenvalue weighted by Crippen LogP contribution is -2.43. The van der Waals surface area contributed by atoms with Crippen LogP contribution in [0.1, 0.15) is 42.6 Å². The number of benzene rings is 2. The van der Waals surface area contributed by atoms with Crippen LogP contribution in [0.3, 0.4) is 0 Å². The Morgan fingerprint density at radius 3 is 2.68 bits per heavy atom. The van der Waals surface area contributed by atoms with Crippen molar-refractivity contribution in [3.63, 3.8) is 0 Å². The van der Waals surface area contributed by atoms with Crippen LogP contribution in [0.25, 0.3) is 0 Å². The van der Waals surface area contributed by atoms with Crippen molar-refractivity contribution in [1.29, 1.82) is 0 Å². The SMILES string of the molecule is CC(C)OCc1cccc(NC(=O)C2CCCN2C(=O)c2ccc(Br)cc2)c1. The molecule has 1 saturated heterocycles.